The molecule has 0 unspecified atom stereocenters. The number of nitrogens with zero attached hydrogens (tertiary/aromatic N) is 1. The summed E-state index contributed by atoms with van der Waals surface area (Å²) in [6.45, 7) is 2.03. The molecule has 24 heavy (non-hydrogen) atoms. The maximum atomic E-state index is 12.1. The van der Waals surface area contributed by atoms with Gasteiger partial charge < -0.3 is 9.73 Å². The number of oxazole rings is 1. The van der Waals surface area contributed by atoms with Gasteiger partial charge in [-0.1, -0.05) is 54.2 Å². The molecule has 0 spiro atoms. The standard InChI is InChI=1S/C19H20N2O2S/c1-14(11-12-15-7-3-2-4-8-15)20-18(22)13-24-19-21-16-9-5-6-10-17(16)23-19/h2-10,14H,11-13H2,1H3,(H,20,22)/t14-/m1/s1. The minimum Gasteiger partial charge on any atom is -0.431 e. The number of aryl methyl sites for hydroxylation is 1. The number of hydrogen-bond donors (Lipinski definition) is 1. The number of amides is 1. The molecular formula is C19H20N2O2S. The van der Waals surface area contributed by atoms with Crippen LogP contribution in [0.2, 0.25) is 0 Å². The Morgan fingerprint density at radius 2 is 1.92 bits per heavy atom. The molecule has 0 aliphatic carbocycles. The molecule has 2 aromatic carbocycles. The third-order valence-corrected chi connectivity index (χ3v) is 4.55. The Hall–Kier alpha value is -2.27. The lowest BCUT2D eigenvalue weighted by Crippen LogP contribution is -2.34. The topological polar surface area (TPSA) is 55.1 Å². The lowest BCUT2D eigenvalue weighted by atomic mass is 10.1. The van der Waals surface area contributed by atoms with E-state index in [0.717, 1.165) is 23.9 Å². The summed E-state index contributed by atoms with van der Waals surface area (Å²) in [4.78, 5) is 16.4. The molecule has 0 saturated heterocycles. The second-order valence-electron chi connectivity index (χ2n) is 5.73. The first kappa shape index (κ1) is 16.6. The molecule has 0 saturated carbocycles. The SMILES string of the molecule is C[C@H](CCc1ccccc1)NC(=O)CSc1nc2ccccc2o1. The van der Waals surface area contributed by atoms with Gasteiger partial charge >= 0.3 is 0 Å². The van der Waals surface area contributed by atoms with Crippen molar-refractivity contribution in [1.82, 2.24) is 10.3 Å². The van der Waals surface area contributed by atoms with Crippen LogP contribution in [0.4, 0.5) is 0 Å². The normalized spacial score (nSPS) is 12.2. The predicted octanol–water partition coefficient (Wildman–Crippen LogP) is 4.06. The number of rotatable bonds is 7. The van der Waals surface area contributed by atoms with Crippen LogP contribution in [-0.2, 0) is 11.2 Å². The molecule has 0 radical (unpaired) electrons. The Bertz CT molecular complexity index is 768. The van der Waals surface area contributed by atoms with Crippen molar-refractivity contribution in [3.05, 3.63) is 60.2 Å². The monoisotopic (exact) mass is 340 g/mol. The maximum Gasteiger partial charge on any atom is 0.257 e. The number of carbonyl (C=O) groups is 1. The molecule has 0 fully saturated rings. The third-order valence-electron chi connectivity index (χ3n) is 3.72. The quantitative estimate of drug-likeness (QED) is 0.659. The van der Waals surface area contributed by atoms with E-state index in [2.05, 4.69) is 22.4 Å². The summed E-state index contributed by atoms with van der Waals surface area (Å²) < 4.78 is 5.60. The molecule has 1 atom stereocenters. The average Bonchev–Trinajstić information content (AvgIpc) is 3.02. The minimum absolute atomic E-state index is 0.00261. The molecule has 1 heterocycles. The van der Waals surface area contributed by atoms with Gasteiger partial charge in [0.25, 0.3) is 5.22 Å². The van der Waals surface area contributed by atoms with Crippen LogP contribution in [0, 0.1) is 0 Å². The van der Waals surface area contributed by atoms with E-state index >= 15 is 0 Å². The first-order valence-electron chi connectivity index (χ1n) is 8.02. The minimum atomic E-state index is 0.00261. The van der Waals surface area contributed by atoms with Crippen LogP contribution in [0.25, 0.3) is 11.1 Å². The molecule has 0 aliphatic heterocycles. The molecule has 124 valence electrons. The molecule has 5 heteroatoms. The molecule has 4 nitrogen and oxygen atoms in total. The summed E-state index contributed by atoms with van der Waals surface area (Å²) in [5, 5.41) is 3.56. The fraction of sp³-hybridized carbons (Fsp3) is 0.263. The van der Waals surface area contributed by atoms with Crippen molar-refractivity contribution in [3.63, 3.8) is 0 Å². The van der Waals surface area contributed by atoms with Gasteiger partial charge in [-0.15, -0.1) is 0 Å². The Kier molecular flexibility index (Phi) is 5.54. The number of carbonyl (C=O) groups excluding carboxylic acids is 1. The largest absolute Gasteiger partial charge is 0.431 e. The average molecular weight is 340 g/mol. The molecule has 1 N–H and O–H groups in total. The maximum absolute atomic E-state index is 12.1. The van der Waals surface area contributed by atoms with Gasteiger partial charge in [-0.05, 0) is 37.5 Å². The summed E-state index contributed by atoms with van der Waals surface area (Å²) in [7, 11) is 0. The lowest BCUT2D eigenvalue weighted by Gasteiger charge is -2.13. The van der Waals surface area contributed by atoms with E-state index in [4.69, 9.17) is 4.42 Å². The van der Waals surface area contributed by atoms with Crippen molar-refractivity contribution in [1.29, 1.82) is 0 Å². The summed E-state index contributed by atoms with van der Waals surface area (Å²) in [5.74, 6) is 0.311. The summed E-state index contributed by atoms with van der Waals surface area (Å²) in [6, 6.07) is 18.0. The van der Waals surface area contributed by atoms with Crippen molar-refractivity contribution in [2.24, 2.45) is 0 Å². The van der Waals surface area contributed by atoms with E-state index in [0.29, 0.717) is 11.0 Å². The number of hydrogen-bond acceptors (Lipinski definition) is 4. The molecule has 3 aromatic rings. The number of benzene rings is 2. The van der Waals surface area contributed by atoms with E-state index in [9.17, 15) is 4.79 Å². The second kappa shape index (κ2) is 8.02. The zero-order valence-electron chi connectivity index (χ0n) is 13.6. The second-order valence-corrected chi connectivity index (χ2v) is 6.66. The van der Waals surface area contributed by atoms with E-state index in [-0.39, 0.29) is 11.9 Å². The van der Waals surface area contributed by atoms with E-state index in [1.165, 1.54) is 17.3 Å². The number of aromatic nitrogens is 1. The lowest BCUT2D eigenvalue weighted by molar-refractivity contribution is -0.119. The van der Waals surface area contributed by atoms with Crippen LogP contribution in [0.1, 0.15) is 18.9 Å². The first-order valence-corrected chi connectivity index (χ1v) is 9.01. The third kappa shape index (κ3) is 4.61. The highest BCUT2D eigenvalue weighted by atomic mass is 32.2. The molecule has 1 amide bonds. The van der Waals surface area contributed by atoms with Crippen molar-refractivity contribution in [2.75, 3.05) is 5.75 Å². The first-order chi connectivity index (χ1) is 11.7. The van der Waals surface area contributed by atoms with Crippen LogP contribution in [0.3, 0.4) is 0 Å². The van der Waals surface area contributed by atoms with Crippen molar-refractivity contribution in [2.45, 2.75) is 31.0 Å². The van der Waals surface area contributed by atoms with Gasteiger partial charge in [-0.2, -0.15) is 0 Å². The zero-order valence-corrected chi connectivity index (χ0v) is 14.4. The smallest absolute Gasteiger partial charge is 0.257 e. The van der Waals surface area contributed by atoms with Gasteiger partial charge in [-0.3, -0.25) is 4.79 Å². The molecule has 0 aliphatic rings. The molecule has 0 bridgehead atoms. The van der Waals surface area contributed by atoms with Gasteiger partial charge in [0.15, 0.2) is 5.58 Å². The van der Waals surface area contributed by atoms with Crippen LogP contribution in [0.15, 0.2) is 64.2 Å². The van der Waals surface area contributed by atoms with E-state index < -0.39 is 0 Å². The van der Waals surface area contributed by atoms with Crippen molar-refractivity contribution in [3.8, 4) is 0 Å². The highest BCUT2D eigenvalue weighted by Crippen LogP contribution is 2.22. The van der Waals surface area contributed by atoms with Crippen LogP contribution < -0.4 is 5.32 Å². The molecular weight excluding hydrogens is 320 g/mol. The fourth-order valence-electron chi connectivity index (χ4n) is 2.46. The summed E-state index contributed by atoms with van der Waals surface area (Å²) >= 11 is 1.32. The van der Waals surface area contributed by atoms with Gasteiger partial charge in [0.1, 0.15) is 5.52 Å². The Morgan fingerprint density at radius 1 is 1.17 bits per heavy atom. The highest BCUT2D eigenvalue weighted by molar-refractivity contribution is 7.99. The van der Waals surface area contributed by atoms with E-state index in [1.807, 2.05) is 49.4 Å². The fourth-order valence-corrected chi connectivity index (χ4v) is 3.11. The van der Waals surface area contributed by atoms with Crippen LogP contribution in [0.5, 0.6) is 0 Å². The van der Waals surface area contributed by atoms with Gasteiger partial charge in [0.05, 0.1) is 5.75 Å². The number of nitrogens with one attached hydrogen (secondary N) is 1. The zero-order chi connectivity index (χ0) is 16.8. The Morgan fingerprint density at radius 3 is 2.71 bits per heavy atom. The number of thioether (sulfide) groups is 1. The molecule has 3 rings (SSSR count). The van der Waals surface area contributed by atoms with Crippen LogP contribution >= 0.6 is 11.8 Å². The Labute approximate surface area is 145 Å². The van der Waals surface area contributed by atoms with Gasteiger partial charge in [0.2, 0.25) is 5.91 Å². The predicted molar refractivity (Wildman–Crippen MR) is 97.1 cm³/mol. The van der Waals surface area contributed by atoms with Gasteiger partial charge in [0, 0.05) is 6.04 Å². The number of fused-ring (bicyclic) bond motifs is 1. The number of para-hydroxylation sites is 2. The Balaban J connectivity index is 1.43. The van der Waals surface area contributed by atoms with Crippen LogP contribution in [-0.4, -0.2) is 22.7 Å². The summed E-state index contributed by atoms with van der Waals surface area (Å²) in [6.07, 6.45) is 1.88. The van der Waals surface area contributed by atoms with E-state index in [1.54, 1.807) is 0 Å². The summed E-state index contributed by atoms with van der Waals surface area (Å²) in [5.41, 5.74) is 2.85. The van der Waals surface area contributed by atoms with Crippen molar-refractivity contribution >= 4 is 28.8 Å². The van der Waals surface area contributed by atoms with Gasteiger partial charge in [-0.25, -0.2) is 4.98 Å². The van der Waals surface area contributed by atoms with Crippen molar-refractivity contribution < 1.29 is 9.21 Å². The molecule has 1 aromatic heterocycles. The highest BCUT2D eigenvalue weighted by Gasteiger charge is 2.11.